The van der Waals surface area contributed by atoms with E-state index in [1.165, 1.54) is 50.8 Å². The molecule has 27 heavy (non-hydrogen) atoms. The van der Waals surface area contributed by atoms with Gasteiger partial charge in [-0.2, -0.15) is 0 Å². The molecule has 0 spiro atoms. The Balaban J connectivity index is 1.70. The van der Waals surface area contributed by atoms with E-state index in [-0.39, 0.29) is 22.9 Å². The predicted molar refractivity (Wildman–Crippen MR) is 105 cm³/mol. The highest BCUT2D eigenvalue weighted by Crippen LogP contribution is 2.39. The first-order valence-electron chi connectivity index (χ1n) is 10.3. The highest BCUT2D eigenvalue weighted by molar-refractivity contribution is 5.65. The number of hydrogen-bond acceptors (Lipinski definition) is 0. The Morgan fingerprint density at radius 1 is 0.889 bits per heavy atom. The van der Waals surface area contributed by atoms with E-state index in [1.807, 2.05) is 0 Å². The topological polar surface area (TPSA) is 0 Å². The monoisotopic (exact) mass is 374 g/mol. The molecule has 0 unspecified atom stereocenters. The summed E-state index contributed by atoms with van der Waals surface area (Å²) in [5.74, 6) is -1.06. The van der Waals surface area contributed by atoms with Gasteiger partial charge in [0, 0.05) is 5.56 Å². The van der Waals surface area contributed by atoms with E-state index in [4.69, 9.17) is 0 Å². The summed E-state index contributed by atoms with van der Waals surface area (Å²) in [7, 11) is 0. The third-order valence-corrected chi connectivity index (χ3v) is 6.09. The summed E-state index contributed by atoms with van der Waals surface area (Å²) in [6.07, 6.45) is 9.49. The van der Waals surface area contributed by atoms with Gasteiger partial charge in [-0.25, -0.2) is 13.2 Å². The molecule has 146 valence electrons. The van der Waals surface area contributed by atoms with Crippen molar-refractivity contribution >= 4 is 0 Å². The van der Waals surface area contributed by atoms with Gasteiger partial charge in [-0.3, -0.25) is 0 Å². The Labute approximate surface area is 160 Å². The van der Waals surface area contributed by atoms with Crippen molar-refractivity contribution in [3.8, 4) is 11.1 Å². The van der Waals surface area contributed by atoms with Crippen molar-refractivity contribution in [2.75, 3.05) is 0 Å². The molecule has 0 bridgehead atoms. The maximum absolute atomic E-state index is 14.8. The summed E-state index contributed by atoms with van der Waals surface area (Å²) in [5.41, 5.74) is 1.48. The minimum absolute atomic E-state index is 0.114. The molecule has 2 aromatic carbocycles. The average molecular weight is 374 g/mol. The van der Waals surface area contributed by atoms with Crippen LogP contribution < -0.4 is 0 Å². The fourth-order valence-electron chi connectivity index (χ4n) is 4.34. The Hall–Kier alpha value is -1.77. The van der Waals surface area contributed by atoms with Gasteiger partial charge in [0.15, 0.2) is 11.6 Å². The molecule has 2 aromatic rings. The van der Waals surface area contributed by atoms with Gasteiger partial charge >= 0.3 is 0 Å². The van der Waals surface area contributed by atoms with Gasteiger partial charge in [-0.15, -0.1) is 0 Å². The van der Waals surface area contributed by atoms with Gasteiger partial charge in [0.25, 0.3) is 0 Å². The summed E-state index contributed by atoms with van der Waals surface area (Å²) in [4.78, 5) is 0. The molecule has 0 aliphatic heterocycles. The fourth-order valence-corrected chi connectivity index (χ4v) is 4.34. The molecule has 1 saturated carbocycles. The summed E-state index contributed by atoms with van der Waals surface area (Å²) in [6.45, 7) is 3.74. The van der Waals surface area contributed by atoms with Crippen molar-refractivity contribution in [3.05, 3.63) is 58.9 Å². The number of rotatable bonds is 6. The van der Waals surface area contributed by atoms with Crippen LogP contribution in [0.2, 0.25) is 0 Å². The second-order valence-electron chi connectivity index (χ2n) is 8.01. The third kappa shape index (κ3) is 4.56. The zero-order valence-electron chi connectivity index (χ0n) is 16.3. The molecule has 0 nitrogen and oxygen atoms in total. The van der Waals surface area contributed by atoms with Crippen LogP contribution in [0.4, 0.5) is 13.2 Å². The number of hydrogen-bond donors (Lipinski definition) is 0. The lowest BCUT2D eigenvalue weighted by molar-refractivity contribution is 0.299. The number of benzene rings is 2. The highest BCUT2D eigenvalue weighted by Gasteiger charge is 2.24. The van der Waals surface area contributed by atoms with Gasteiger partial charge < -0.3 is 0 Å². The molecular weight excluding hydrogens is 345 g/mol. The summed E-state index contributed by atoms with van der Waals surface area (Å²) in [6, 6.07) is 7.89. The lowest BCUT2D eigenvalue weighted by atomic mass is 9.76. The molecule has 0 atom stereocenters. The standard InChI is InChI=1S/C24H29F3/c1-3-4-5-6-17-8-10-18(11-9-17)20-14-12-19(15-22(20)25)21-13-7-16(2)23(26)24(21)27/h7,12-15,17-18H,3-6,8-11H2,1-2H3. The van der Waals surface area contributed by atoms with E-state index >= 15 is 0 Å². The molecule has 0 heterocycles. The molecule has 3 rings (SSSR count). The Morgan fingerprint density at radius 3 is 2.30 bits per heavy atom. The van der Waals surface area contributed by atoms with Crippen LogP contribution in [0.3, 0.4) is 0 Å². The van der Waals surface area contributed by atoms with Crippen molar-refractivity contribution in [2.45, 2.75) is 71.1 Å². The maximum Gasteiger partial charge on any atom is 0.166 e. The van der Waals surface area contributed by atoms with Crippen LogP contribution in [0.1, 0.15) is 75.3 Å². The van der Waals surface area contributed by atoms with Crippen LogP contribution in [-0.2, 0) is 0 Å². The average Bonchev–Trinajstić information content (AvgIpc) is 2.67. The molecule has 0 amide bonds. The fraction of sp³-hybridized carbons (Fsp3) is 0.500. The molecular formula is C24H29F3. The molecule has 0 saturated heterocycles. The largest absolute Gasteiger partial charge is 0.207 e. The van der Waals surface area contributed by atoms with E-state index in [1.54, 1.807) is 12.1 Å². The van der Waals surface area contributed by atoms with Crippen LogP contribution in [0.25, 0.3) is 11.1 Å². The van der Waals surface area contributed by atoms with Gasteiger partial charge in [0.05, 0.1) is 0 Å². The maximum atomic E-state index is 14.8. The first kappa shape index (κ1) is 20.0. The zero-order chi connectivity index (χ0) is 19.4. The van der Waals surface area contributed by atoms with E-state index in [2.05, 4.69) is 6.92 Å². The van der Waals surface area contributed by atoms with E-state index < -0.39 is 11.6 Å². The summed E-state index contributed by atoms with van der Waals surface area (Å²) >= 11 is 0. The van der Waals surface area contributed by atoms with Crippen LogP contribution in [0.5, 0.6) is 0 Å². The Bertz CT molecular complexity index is 773. The highest BCUT2D eigenvalue weighted by atomic mass is 19.2. The van der Waals surface area contributed by atoms with Crippen LogP contribution in [0, 0.1) is 30.3 Å². The quantitative estimate of drug-likeness (QED) is 0.450. The van der Waals surface area contributed by atoms with Crippen LogP contribution in [0.15, 0.2) is 30.3 Å². The molecule has 1 aliphatic rings. The van der Waals surface area contributed by atoms with Crippen molar-refractivity contribution in [2.24, 2.45) is 5.92 Å². The Kier molecular flexibility index (Phi) is 6.62. The smallest absolute Gasteiger partial charge is 0.166 e. The van der Waals surface area contributed by atoms with Crippen molar-refractivity contribution < 1.29 is 13.2 Å². The third-order valence-electron chi connectivity index (χ3n) is 6.09. The van der Waals surface area contributed by atoms with E-state index in [9.17, 15) is 13.2 Å². The Morgan fingerprint density at radius 2 is 1.63 bits per heavy atom. The molecule has 0 radical (unpaired) electrons. The predicted octanol–water partition coefficient (Wildman–Crippen LogP) is 7.93. The van der Waals surface area contributed by atoms with Gasteiger partial charge in [-0.05, 0) is 67.2 Å². The zero-order valence-corrected chi connectivity index (χ0v) is 16.3. The number of aryl methyl sites for hydroxylation is 1. The molecule has 1 fully saturated rings. The second-order valence-corrected chi connectivity index (χ2v) is 8.01. The van der Waals surface area contributed by atoms with Crippen LogP contribution in [-0.4, -0.2) is 0 Å². The summed E-state index contributed by atoms with van der Waals surface area (Å²) < 4.78 is 42.8. The second kappa shape index (κ2) is 8.95. The minimum atomic E-state index is -0.908. The van der Waals surface area contributed by atoms with Gasteiger partial charge in [0.2, 0.25) is 0 Å². The first-order valence-corrected chi connectivity index (χ1v) is 10.3. The van der Waals surface area contributed by atoms with Gasteiger partial charge in [-0.1, -0.05) is 56.9 Å². The lowest BCUT2D eigenvalue weighted by Gasteiger charge is -2.29. The first-order chi connectivity index (χ1) is 13.0. The van der Waals surface area contributed by atoms with Gasteiger partial charge in [0.1, 0.15) is 5.82 Å². The van der Waals surface area contributed by atoms with Crippen molar-refractivity contribution in [1.82, 2.24) is 0 Å². The van der Waals surface area contributed by atoms with E-state index in [0.717, 1.165) is 37.2 Å². The van der Waals surface area contributed by atoms with Crippen molar-refractivity contribution in [3.63, 3.8) is 0 Å². The van der Waals surface area contributed by atoms with Crippen molar-refractivity contribution in [1.29, 1.82) is 0 Å². The molecule has 3 heteroatoms. The number of unbranched alkanes of at least 4 members (excludes halogenated alkanes) is 2. The normalized spacial score (nSPS) is 20.0. The van der Waals surface area contributed by atoms with E-state index in [0.29, 0.717) is 5.56 Å². The number of halogens is 3. The van der Waals surface area contributed by atoms with Crippen LogP contribution >= 0.6 is 0 Å². The SMILES string of the molecule is CCCCCC1CCC(c2ccc(-c3ccc(C)c(F)c3F)cc2F)CC1. The molecule has 0 N–H and O–H groups in total. The lowest BCUT2D eigenvalue weighted by Crippen LogP contribution is -2.14. The molecule has 0 aromatic heterocycles. The molecule has 1 aliphatic carbocycles. The summed E-state index contributed by atoms with van der Waals surface area (Å²) in [5, 5.41) is 0. The minimum Gasteiger partial charge on any atom is -0.207 e.